The molecule has 0 aliphatic carbocycles. The summed E-state index contributed by atoms with van der Waals surface area (Å²) in [4.78, 5) is 4.22. The highest BCUT2D eigenvalue weighted by Gasteiger charge is 2.41. The summed E-state index contributed by atoms with van der Waals surface area (Å²) >= 11 is 2.05. The van der Waals surface area contributed by atoms with Crippen LogP contribution in [0.5, 0.6) is 5.75 Å². The normalized spacial score (nSPS) is 24.0. The fourth-order valence-electron chi connectivity index (χ4n) is 4.97. The van der Waals surface area contributed by atoms with Gasteiger partial charge in [0.1, 0.15) is 5.75 Å². The van der Waals surface area contributed by atoms with Crippen LogP contribution in [-0.2, 0) is 0 Å². The molecule has 0 radical (unpaired) electrons. The largest absolute Gasteiger partial charge is 0.497 e. The molecule has 3 heterocycles. The molecule has 0 amide bonds. The van der Waals surface area contributed by atoms with Gasteiger partial charge in [-0.1, -0.05) is 6.07 Å². The van der Waals surface area contributed by atoms with Crippen LogP contribution in [0.4, 0.5) is 5.69 Å². The van der Waals surface area contributed by atoms with Gasteiger partial charge in [0.05, 0.1) is 12.8 Å². The summed E-state index contributed by atoms with van der Waals surface area (Å²) in [6, 6.07) is 12.0. The zero-order chi connectivity index (χ0) is 17.7. The molecule has 1 N–H and O–H groups in total. The predicted molar refractivity (Wildman–Crippen MR) is 110 cm³/mol. The van der Waals surface area contributed by atoms with Crippen molar-refractivity contribution < 1.29 is 4.74 Å². The number of anilines is 1. The lowest BCUT2D eigenvalue weighted by molar-refractivity contribution is 0.403. The standard InChI is InChI=1S/C22H26N2OS/c1-14-10-16(25-2)4-5-17(14)15-11-18-19-13-23-7-6-20(19)24-8-3-9-26-21(12-15)22(18)24/h4-5,10-12,19-20,23H,3,6-9,13H2,1-2H3/t19-,20-/m0/s1. The monoisotopic (exact) mass is 366 g/mol. The number of benzene rings is 2. The number of fused-ring (bicyclic) bond motifs is 3. The molecule has 2 atom stereocenters. The maximum atomic E-state index is 5.40. The number of aryl methyl sites for hydroxylation is 1. The fraction of sp³-hybridized carbons (Fsp3) is 0.455. The van der Waals surface area contributed by atoms with E-state index in [0.29, 0.717) is 12.0 Å². The molecule has 3 aliphatic heterocycles. The van der Waals surface area contributed by atoms with Crippen molar-refractivity contribution in [3.05, 3.63) is 41.5 Å². The van der Waals surface area contributed by atoms with Crippen LogP contribution in [0.3, 0.4) is 0 Å². The molecule has 0 unspecified atom stereocenters. The summed E-state index contributed by atoms with van der Waals surface area (Å²) < 4.78 is 5.40. The van der Waals surface area contributed by atoms with E-state index in [1.807, 2.05) is 11.8 Å². The third kappa shape index (κ3) is 2.54. The fourth-order valence-corrected chi connectivity index (χ4v) is 6.04. The van der Waals surface area contributed by atoms with Gasteiger partial charge in [0, 0.05) is 29.9 Å². The zero-order valence-electron chi connectivity index (χ0n) is 15.5. The van der Waals surface area contributed by atoms with Crippen LogP contribution in [0.15, 0.2) is 35.2 Å². The van der Waals surface area contributed by atoms with Gasteiger partial charge in [0.25, 0.3) is 0 Å². The van der Waals surface area contributed by atoms with E-state index in [2.05, 4.69) is 47.5 Å². The number of piperidine rings is 1. The summed E-state index contributed by atoms with van der Waals surface area (Å²) in [5.74, 6) is 2.79. The van der Waals surface area contributed by atoms with E-state index in [4.69, 9.17) is 4.74 Å². The van der Waals surface area contributed by atoms with Crippen molar-refractivity contribution in [2.75, 3.05) is 37.4 Å². The van der Waals surface area contributed by atoms with Crippen molar-refractivity contribution >= 4 is 17.4 Å². The highest BCUT2D eigenvalue weighted by atomic mass is 32.2. The van der Waals surface area contributed by atoms with Gasteiger partial charge in [-0.25, -0.2) is 0 Å². The molecule has 2 aromatic carbocycles. The number of ether oxygens (including phenoxy) is 1. The molecule has 0 saturated carbocycles. The smallest absolute Gasteiger partial charge is 0.119 e. The van der Waals surface area contributed by atoms with Gasteiger partial charge in [-0.2, -0.15) is 0 Å². The summed E-state index contributed by atoms with van der Waals surface area (Å²) in [6.45, 7) is 5.67. The molecule has 3 aliphatic rings. The molecule has 5 rings (SSSR count). The second kappa shape index (κ2) is 6.50. The van der Waals surface area contributed by atoms with Crippen LogP contribution in [0.2, 0.25) is 0 Å². The highest BCUT2D eigenvalue weighted by Crippen LogP contribution is 2.51. The number of hydrogen-bond acceptors (Lipinski definition) is 4. The number of methoxy groups -OCH3 is 1. The van der Waals surface area contributed by atoms with Crippen molar-refractivity contribution in [3.8, 4) is 16.9 Å². The summed E-state index contributed by atoms with van der Waals surface area (Å²) in [6.07, 6.45) is 2.55. The first-order valence-corrected chi connectivity index (χ1v) is 10.7. The first kappa shape index (κ1) is 16.5. The van der Waals surface area contributed by atoms with E-state index in [9.17, 15) is 0 Å². The number of thioether (sulfide) groups is 1. The van der Waals surface area contributed by atoms with Gasteiger partial charge in [-0.3, -0.25) is 0 Å². The molecular formula is C22H26N2OS. The molecule has 1 saturated heterocycles. The van der Waals surface area contributed by atoms with Gasteiger partial charge >= 0.3 is 0 Å². The third-order valence-electron chi connectivity index (χ3n) is 6.18. The SMILES string of the molecule is COc1ccc(-c2cc3c4c(c2)[C@@H]2CNCC[C@@H]2N4CCCS3)c(C)c1. The Bertz CT molecular complexity index is 850. The van der Waals surface area contributed by atoms with E-state index in [-0.39, 0.29) is 0 Å². The molecule has 0 bridgehead atoms. The van der Waals surface area contributed by atoms with Crippen LogP contribution < -0.4 is 15.0 Å². The average molecular weight is 367 g/mol. The predicted octanol–water partition coefficient (Wildman–Crippen LogP) is 4.43. The van der Waals surface area contributed by atoms with Gasteiger partial charge in [0.15, 0.2) is 0 Å². The molecule has 136 valence electrons. The van der Waals surface area contributed by atoms with E-state index >= 15 is 0 Å². The Morgan fingerprint density at radius 1 is 1.23 bits per heavy atom. The first-order valence-electron chi connectivity index (χ1n) is 9.69. The minimum Gasteiger partial charge on any atom is -0.497 e. The maximum absolute atomic E-state index is 5.40. The first-order chi connectivity index (χ1) is 12.8. The van der Waals surface area contributed by atoms with Crippen LogP contribution in [0, 0.1) is 6.92 Å². The molecular weight excluding hydrogens is 340 g/mol. The lowest BCUT2D eigenvalue weighted by atomic mass is 9.88. The molecule has 4 heteroatoms. The van der Waals surface area contributed by atoms with Crippen LogP contribution >= 0.6 is 11.8 Å². The van der Waals surface area contributed by atoms with Crippen molar-refractivity contribution in [3.63, 3.8) is 0 Å². The second-order valence-corrected chi connectivity index (χ2v) is 8.79. The Morgan fingerprint density at radius 3 is 3.00 bits per heavy atom. The Hall–Kier alpha value is -1.65. The topological polar surface area (TPSA) is 24.5 Å². The minimum atomic E-state index is 0.634. The molecule has 1 fully saturated rings. The third-order valence-corrected chi connectivity index (χ3v) is 7.30. The Labute approximate surface area is 160 Å². The Morgan fingerprint density at radius 2 is 2.15 bits per heavy atom. The van der Waals surface area contributed by atoms with Gasteiger partial charge in [-0.05, 0) is 78.6 Å². The second-order valence-electron chi connectivity index (χ2n) is 7.66. The number of hydrogen-bond donors (Lipinski definition) is 1. The Balaban J connectivity index is 1.66. The van der Waals surface area contributed by atoms with Gasteiger partial charge < -0.3 is 15.0 Å². The number of nitrogens with zero attached hydrogens (tertiary/aromatic N) is 1. The van der Waals surface area contributed by atoms with E-state index < -0.39 is 0 Å². The van der Waals surface area contributed by atoms with E-state index in [1.54, 1.807) is 18.4 Å². The van der Waals surface area contributed by atoms with Crippen molar-refractivity contribution in [1.82, 2.24) is 5.32 Å². The highest BCUT2D eigenvalue weighted by molar-refractivity contribution is 7.99. The minimum absolute atomic E-state index is 0.634. The lowest BCUT2D eigenvalue weighted by Crippen LogP contribution is -2.44. The molecule has 0 spiro atoms. The average Bonchev–Trinajstić information content (AvgIpc) is 2.83. The summed E-state index contributed by atoms with van der Waals surface area (Å²) in [7, 11) is 1.74. The van der Waals surface area contributed by atoms with Gasteiger partial charge in [-0.15, -0.1) is 11.8 Å². The summed E-state index contributed by atoms with van der Waals surface area (Å²) in [5.41, 5.74) is 7.08. The van der Waals surface area contributed by atoms with Gasteiger partial charge in [0.2, 0.25) is 0 Å². The van der Waals surface area contributed by atoms with Crippen molar-refractivity contribution in [2.24, 2.45) is 0 Å². The summed E-state index contributed by atoms with van der Waals surface area (Å²) in [5, 5.41) is 3.63. The molecule has 2 aromatic rings. The molecule has 3 nitrogen and oxygen atoms in total. The number of nitrogens with one attached hydrogen (secondary N) is 1. The number of rotatable bonds is 2. The van der Waals surface area contributed by atoms with Crippen LogP contribution in [0.25, 0.3) is 11.1 Å². The van der Waals surface area contributed by atoms with Crippen LogP contribution in [0.1, 0.15) is 29.9 Å². The molecule has 0 aromatic heterocycles. The van der Waals surface area contributed by atoms with E-state index in [1.165, 1.54) is 46.7 Å². The molecule has 26 heavy (non-hydrogen) atoms. The Kier molecular flexibility index (Phi) is 4.13. The van der Waals surface area contributed by atoms with Crippen LogP contribution in [-0.4, -0.2) is 38.5 Å². The lowest BCUT2D eigenvalue weighted by Gasteiger charge is -2.33. The van der Waals surface area contributed by atoms with E-state index in [0.717, 1.165) is 18.8 Å². The maximum Gasteiger partial charge on any atom is 0.119 e. The quantitative estimate of drug-likeness (QED) is 0.850. The van der Waals surface area contributed by atoms with Crippen molar-refractivity contribution in [2.45, 2.75) is 36.6 Å². The zero-order valence-corrected chi connectivity index (χ0v) is 16.4. The van der Waals surface area contributed by atoms with Crippen molar-refractivity contribution in [1.29, 1.82) is 0 Å².